The molecule has 0 bridgehead atoms. The molecule has 1 fully saturated rings. The van der Waals surface area contributed by atoms with E-state index < -0.39 is 0 Å². The number of amides is 1. The predicted octanol–water partition coefficient (Wildman–Crippen LogP) is 7.10. The number of halogens is 2. The number of hydrogen-bond acceptors (Lipinski definition) is 4. The Morgan fingerprint density at radius 1 is 1.12 bits per heavy atom. The van der Waals surface area contributed by atoms with Gasteiger partial charge in [-0.2, -0.15) is 0 Å². The number of carbonyl (C=O) groups excluding carboxylic acids is 1. The lowest BCUT2D eigenvalue weighted by Gasteiger charge is -2.11. The van der Waals surface area contributed by atoms with Gasteiger partial charge in [-0.15, -0.1) is 0 Å². The van der Waals surface area contributed by atoms with Gasteiger partial charge in [0.25, 0.3) is 5.91 Å². The van der Waals surface area contributed by atoms with Gasteiger partial charge in [0.2, 0.25) is 0 Å². The van der Waals surface area contributed by atoms with Crippen LogP contribution in [0.25, 0.3) is 17.0 Å². The Morgan fingerprint density at radius 3 is 2.69 bits per heavy atom. The SMILES string of the molecule is O=C1/C(=C/c2cn(Cc3ccc(Cl)cc3)c3ccc(Br)cc23)SC(=S)N1Cc1ccco1. The van der Waals surface area contributed by atoms with Gasteiger partial charge in [0, 0.05) is 38.7 Å². The molecule has 0 atom stereocenters. The largest absolute Gasteiger partial charge is 0.467 e. The van der Waals surface area contributed by atoms with Crippen molar-refractivity contribution in [3.63, 3.8) is 0 Å². The molecule has 0 saturated carbocycles. The molecule has 2 aromatic carbocycles. The van der Waals surface area contributed by atoms with E-state index in [4.69, 9.17) is 28.2 Å². The standard InChI is InChI=1S/C24H16BrClN2O2S2/c25-17-5-8-21-20(11-17)16(13-27(21)12-15-3-6-18(26)7-4-15)10-22-23(29)28(24(31)32-22)14-19-2-1-9-30-19/h1-11,13H,12,14H2/b22-10-. The third kappa shape index (κ3) is 4.30. The van der Waals surface area contributed by atoms with Crippen molar-refractivity contribution >= 4 is 78.7 Å². The van der Waals surface area contributed by atoms with E-state index in [1.54, 1.807) is 17.2 Å². The molecule has 1 amide bonds. The lowest BCUT2D eigenvalue weighted by molar-refractivity contribution is -0.122. The highest BCUT2D eigenvalue weighted by atomic mass is 79.9. The molecule has 160 valence electrons. The van der Waals surface area contributed by atoms with E-state index in [2.05, 4.69) is 38.8 Å². The zero-order valence-electron chi connectivity index (χ0n) is 16.6. The van der Waals surface area contributed by atoms with Gasteiger partial charge in [-0.1, -0.05) is 63.6 Å². The molecule has 1 aliphatic heterocycles. The number of carbonyl (C=O) groups is 1. The van der Waals surface area contributed by atoms with Crippen LogP contribution in [0.4, 0.5) is 0 Å². The lowest BCUT2D eigenvalue weighted by atomic mass is 10.1. The highest BCUT2D eigenvalue weighted by Gasteiger charge is 2.32. The van der Waals surface area contributed by atoms with Crippen molar-refractivity contribution in [1.82, 2.24) is 9.47 Å². The molecule has 32 heavy (non-hydrogen) atoms. The molecule has 5 rings (SSSR count). The first-order chi connectivity index (χ1) is 15.5. The quantitative estimate of drug-likeness (QED) is 0.199. The summed E-state index contributed by atoms with van der Waals surface area (Å²) in [5.74, 6) is 0.594. The lowest BCUT2D eigenvalue weighted by Crippen LogP contribution is -2.27. The first-order valence-corrected chi connectivity index (χ1v) is 12.2. The Bertz CT molecular complexity index is 1360. The molecular weight excluding hydrogens is 528 g/mol. The van der Waals surface area contributed by atoms with Crippen LogP contribution in [0.1, 0.15) is 16.9 Å². The van der Waals surface area contributed by atoms with Crippen LogP contribution in [-0.2, 0) is 17.9 Å². The van der Waals surface area contributed by atoms with Crippen molar-refractivity contribution in [2.24, 2.45) is 0 Å². The van der Waals surface area contributed by atoms with Crippen molar-refractivity contribution in [2.75, 3.05) is 0 Å². The fraction of sp³-hybridized carbons (Fsp3) is 0.0833. The summed E-state index contributed by atoms with van der Waals surface area (Å²) in [6.45, 7) is 1.03. The first kappa shape index (κ1) is 21.5. The molecule has 3 heterocycles. The summed E-state index contributed by atoms with van der Waals surface area (Å²) >= 11 is 16.4. The minimum absolute atomic E-state index is 0.106. The van der Waals surface area contributed by atoms with Crippen molar-refractivity contribution in [3.8, 4) is 0 Å². The summed E-state index contributed by atoms with van der Waals surface area (Å²) in [6.07, 6.45) is 5.59. The number of furan rings is 1. The zero-order valence-corrected chi connectivity index (χ0v) is 20.6. The number of aromatic nitrogens is 1. The molecule has 8 heteroatoms. The van der Waals surface area contributed by atoms with Gasteiger partial charge in [-0.25, -0.2) is 0 Å². The van der Waals surface area contributed by atoms with Crippen LogP contribution in [0.3, 0.4) is 0 Å². The van der Waals surface area contributed by atoms with Gasteiger partial charge in [0.05, 0.1) is 17.7 Å². The van der Waals surface area contributed by atoms with Gasteiger partial charge in [-0.05, 0) is 54.1 Å². The van der Waals surface area contributed by atoms with Gasteiger partial charge in [0.1, 0.15) is 10.1 Å². The van der Waals surface area contributed by atoms with Crippen LogP contribution in [-0.4, -0.2) is 19.7 Å². The van der Waals surface area contributed by atoms with Crippen LogP contribution < -0.4 is 0 Å². The summed E-state index contributed by atoms with van der Waals surface area (Å²) in [7, 11) is 0. The van der Waals surface area contributed by atoms with Gasteiger partial charge < -0.3 is 8.98 Å². The van der Waals surface area contributed by atoms with Crippen LogP contribution in [0, 0.1) is 0 Å². The number of hydrogen-bond donors (Lipinski definition) is 0. The summed E-state index contributed by atoms with van der Waals surface area (Å²) < 4.78 is 9.08. The Kier molecular flexibility index (Phi) is 5.99. The Hall–Kier alpha value is -2.32. The second-order valence-corrected chi connectivity index (χ2v) is 10.4. The number of rotatable bonds is 5. The molecule has 0 N–H and O–H groups in total. The van der Waals surface area contributed by atoms with E-state index in [1.807, 2.05) is 42.5 Å². The number of thiocarbonyl (C=S) groups is 1. The van der Waals surface area contributed by atoms with E-state index >= 15 is 0 Å². The molecule has 0 spiro atoms. The van der Waals surface area contributed by atoms with Crippen LogP contribution in [0.15, 0.2) is 80.9 Å². The summed E-state index contributed by atoms with van der Waals surface area (Å²) in [5.41, 5.74) is 3.19. The fourth-order valence-electron chi connectivity index (χ4n) is 3.67. The topological polar surface area (TPSA) is 38.4 Å². The Balaban J connectivity index is 1.50. The normalized spacial score (nSPS) is 15.4. The van der Waals surface area contributed by atoms with Crippen molar-refractivity contribution in [3.05, 3.63) is 98.3 Å². The maximum absolute atomic E-state index is 13.1. The van der Waals surface area contributed by atoms with E-state index in [9.17, 15) is 4.79 Å². The summed E-state index contributed by atoms with van der Waals surface area (Å²) in [4.78, 5) is 15.2. The maximum Gasteiger partial charge on any atom is 0.266 e. The van der Waals surface area contributed by atoms with Crippen LogP contribution in [0.5, 0.6) is 0 Å². The Labute approximate surface area is 208 Å². The van der Waals surface area contributed by atoms with E-state index in [0.29, 0.717) is 33.1 Å². The van der Waals surface area contributed by atoms with Gasteiger partial charge in [-0.3, -0.25) is 9.69 Å². The zero-order chi connectivity index (χ0) is 22.2. The number of fused-ring (bicyclic) bond motifs is 1. The molecule has 4 aromatic rings. The molecule has 1 saturated heterocycles. The maximum atomic E-state index is 13.1. The average molecular weight is 544 g/mol. The number of thioether (sulfide) groups is 1. The minimum atomic E-state index is -0.106. The fourth-order valence-corrected chi connectivity index (χ4v) is 5.40. The second kappa shape index (κ2) is 8.90. The number of nitrogens with zero attached hydrogens (tertiary/aromatic N) is 2. The molecule has 2 aromatic heterocycles. The van der Waals surface area contributed by atoms with Crippen LogP contribution in [0.2, 0.25) is 5.02 Å². The molecule has 4 nitrogen and oxygen atoms in total. The second-order valence-electron chi connectivity index (χ2n) is 7.35. The van der Waals surface area contributed by atoms with E-state index in [1.165, 1.54) is 11.8 Å². The average Bonchev–Trinajstić information content (AvgIpc) is 3.46. The summed E-state index contributed by atoms with van der Waals surface area (Å²) in [5, 5.41) is 1.77. The van der Waals surface area contributed by atoms with Crippen LogP contribution >= 0.6 is 51.5 Å². The third-order valence-electron chi connectivity index (χ3n) is 5.19. The van der Waals surface area contributed by atoms with E-state index in [-0.39, 0.29) is 5.91 Å². The smallest absolute Gasteiger partial charge is 0.266 e. The van der Waals surface area contributed by atoms with Crippen molar-refractivity contribution < 1.29 is 9.21 Å². The van der Waals surface area contributed by atoms with E-state index in [0.717, 1.165) is 26.5 Å². The molecular formula is C24H16BrClN2O2S2. The first-order valence-electron chi connectivity index (χ1n) is 9.78. The third-order valence-corrected chi connectivity index (χ3v) is 7.32. The summed E-state index contributed by atoms with van der Waals surface area (Å²) in [6, 6.07) is 17.6. The van der Waals surface area contributed by atoms with Crippen molar-refractivity contribution in [1.29, 1.82) is 0 Å². The van der Waals surface area contributed by atoms with Gasteiger partial charge in [0.15, 0.2) is 0 Å². The molecule has 0 aliphatic carbocycles. The molecule has 1 aliphatic rings. The highest BCUT2D eigenvalue weighted by molar-refractivity contribution is 9.10. The monoisotopic (exact) mass is 542 g/mol. The van der Waals surface area contributed by atoms with Gasteiger partial charge >= 0.3 is 0 Å². The Morgan fingerprint density at radius 2 is 1.94 bits per heavy atom. The molecule has 0 radical (unpaired) electrons. The highest BCUT2D eigenvalue weighted by Crippen LogP contribution is 2.36. The number of benzene rings is 2. The predicted molar refractivity (Wildman–Crippen MR) is 138 cm³/mol. The minimum Gasteiger partial charge on any atom is -0.467 e. The molecule has 0 unspecified atom stereocenters. The van der Waals surface area contributed by atoms with Crippen molar-refractivity contribution in [2.45, 2.75) is 13.1 Å².